The number of benzene rings is 1. The van der Waals surface area contributed by atoms with Gasteiger partial charge in [0.25, 0.3) is 11.6 Å². The van der Waals surface area contributed by atoms with Crippen molar-refractivity contribution in [3.8, 4) is 5.69 Å². The van der Waals surface area contributed by atoms with Crippen molar-refractivity contribution in [3.63, 3.8) is 0 Å². The van der Waals surface area contributed by atoms with Gasteiger partial charge in [0, 0.05) is 35.1 Å². The van der Waals surface area contributed by atoms with Gasteiger partial charge in [-0.05, 0) is 25.1 Å². The molecule has 27 heavy (non-hydrogen) atoms. The number of anilines is 1. The predicted molar refractivity (Wildman–Crippen MR) is 96.8 cm³/mol. The summed E-state index contributed by atoms with van der Waals surface area (Å²) < 4.78 is 1.51. The van der Waals surface area contributed by atoms with E-state index in [2.05, 4.69) is 25.5 Å². The number of pyridine rings is 1. The Morgan fingerprint density at radius 2 is 2.19 bits per heavy atom. The number of fused-ring (bicyclic) bond motifs is 1. The highest BCUT2D eigenvalue weighted by molar-refractivity contribution is 6.05. The van der Waals surface area contributed by atoms with Crippen molar-refractivity contribution < 1.29 is 9.72 Å². The fourth-order valence-corrected chi connectivity index (χ4v) is 2.72. The van der Waals surface area contributed by atoms with E-state index in [9.17, 15) is 14.9 Å². The van der Waals surface area contributed by atoms with Crippen LogP contribution in [0.15, 0.2) is 49.2 Å². The van der Waals surface area contributed by atoms with Crippen LogP contribution in [0.2, 0.25) is 0 Å². The lowest BCUT2D eigenvalue weighted by Gasteiger charge is -2.08. The summed E-state index contributed by atoms with van der Waals surface area (Å²) in [6.45, 7) is 1.85. The van der Waals surface area contributed by atoms with Gasteiger partial charge in [0.2, 0.25) is 0 Å². The van der Waals surface area contributed by atoms with E-state index in [1.54, 1.807) is 12.3 Å². The molecule has 0 aliphatic rings. The molecule has 1 amide bonds. The van der Waals surface area contributed by atoms with Gasteiger partial charge in [-0.3, -0.25) is 20.0 Å². The molecule has 10 nitrogen and oxygen atoms in total. The standard InChI is InChI=1S/C17H13N7O3/c1-10-13-7-12(8-19-16(13)22-21-10)20-17(25)11-2-3-14(15(6-11)24(26)27)23-5-4-18-9-23/h2-9H,1H3,(H,20,25)(H,19,21,22). The number of hydrogen-bond donors (Lipinski definition) is 2. The normalized spacial score (nSPS) is 10.9. The molecule has 0 fully saturated rings. The number of H-pyrrole nitrogens is 1. The van der Waals surface area contributed by atoms with Crippen LogP contribution in [0.1, 0.15) is 16.1 Å². The van der Waals surface area contributed by atoms with Crippen LogP contribution in [0.5, 0.6) is 0 Å². The van der Waals surface area contributed by atoms with Gasteiger partial charge in [0.05, 0.1) is 23.1 Å². The van der Waals surface area contributed by atoms with Gasteiger partial charge in [-0.25, -0.2) is 9.97 Å². The third-order valence-electron chi connectivity index (χ3n) is 4.07. The van der Waals surface area contributed by atoms with Crippen LogP contribution in [0, 0.1) is 17.0 Å². The molecule has 0 atom stereocenters. The number of carbonyl (C=O) groups is 1. The van der Waals surface area contributed by atoms with Crippen molar-refractivity contribution in [2.75, 3.05) is 5.32 Å². The Balaban J connectivity index is 1.65. The number of nitrogens with zero attached hydrogens (tertiary/aromatic N) is 5. The van der Waals surface area contributed by atoms with Crippen molar-refractivity contribution in [1.82, 2.24) is 24.7 Å². The van der Waals surface area contributed by atoms with Gasteiger partial charge < -0.3 is 9.88 Å². The van der Waals surface area contributed by atoms with E-state index < -0.39 is 10.8 Å². The molecular weight excluding hydrogens is 350 g/mol. The summed E-state index contributed by atoms with van der Waals surface area (Å²) in [5.41, 5.74) is 2.14. The van der Waals surface area contributed by atoms with Crippen molar-refractivity contribution in [3.05, 3.63) is 70.6 Å². The predicted octanol–water partition coefficient (Wildman–Crippen LogP) is 2.61. The zero-order chi connectivity index (χ0) is 19.0. The zero-order valence-electron chi connectivity index (χ0n) is 14.1. The van der Waals surface area contributed by atoms with Crippen molar-refractivity contribution in [2.45, 2.75) is 6.92 Å². The summed E-state index contributed by atoms with van der Waals surface area (Å²) >= 11 is 0. The largest absolute Gasteiger partial charge is 0.321 e. The fourth-order valence-electron chi connectivity index (χ4n) is 2.72. The maximum atomic E-state index is 12.5. The molecule has 3 heterocycles. The third kappa shape index (κ3) is 2.99. The minimum absolute atomic E-state index is 0.162. The van der Waals surface area contributed by atoms with Crippen LogP contribution >= 0.6 is 0 Å². The highest BCUT2D eigenvalue weighted by atomic mass is 16.6. The first kappa shape index (κ1) is 16.4. The van der Waals surface area contributed by atoms with Crippen molar-refractivity contribution >= 4 is 28.3 Å². The van der Waals surface area contributed by atoms with E-state index in [-0.39, 0.29) is 11.3 Å². The number of imidazole rings is 1. The number of nitro groups is 1. The number of aryl methyl sites for hydroxylation is 1. The number of hydrogen-bond acceptors (Lipinski definition) is 6. The van der Waals surface area contributed by atoms with Crippen LogP contribution in [0.25, 0.3) is 16.7 Å². The van der Waals surface area contributed by atoms with Crippen LogP contribution < -0.4 is 5.32 Å². The molecule has 0 bridgehead atoms. The van der Waals surface area contributed by atoms with Gasteiger partial charge in [-0.15, -0.1) is 0 Å². The summed E-state index contributed by atoms with van der Waals surface area (Å²) in [4.78, 5) is 31.5. The van der Waals surface area contributed by atoms with E-state index in [1.165, 1.54) is 41.5 Å². The number of amides is 1. The second-order valence-electron chi connectivity index (χ2n) is 5.83. The lowest BCUT2D eigenvalue weighted by molar-refractivity contribution is -0.384. The second-order valence-corrected chi connectivity index (χ2v) is 5.83. The zero-order valence-corrected chi connectivity index (χ0v) is 14.1. The minimum atomic E-state index is -0.533. The smallest absolute Gasteiger partial charge is 0.294 e. The summed E-state index contributed by atoms with van der Waals surface area (Å²) in [7, 11) is 0. The van der Waals surface area contributed by atoms with Crippen molar-refractivity contribution in [2.24, 2.45) is 0 Å². The molecule has 1 aromatic carbocycles. The Hall–Kier alpha value is -4.08. The number of nitrogens with one attached hydrogen (secondary N) is 2. The number of aromatic nitrogens is 5. The molecule has 2 N–H and O–H groups in total. The first-order chi connectivity index (χ1) is 13.0. The van der Waals surface area contributed by atoms with Gasteiger partial charge in [0.1, 0.15) is 5.69 Å². The molecule has 0 saturated heterocycles. The molecule has 0 radical (unpaired) electrons. The molecule has 0 aliphatic heterocycles. The molecule has 10 heteroatoms. The molecule has 3 aromatic heterocycles. The van der Waals surface area contributed by atoms with Crippen LogP contribution in [-0.4, -0.2) is 35.6 Å². The van der Waals surface area contributed by atoms with Crippen molar-refractivity contribution in [1.29, 1.82) is 0 Å². The van der Waals surface area contributed by atoms with E-state index in [0.717, 1.165) is 11.1 Å². The molecule has 134 valence electrons. The first-order valence-electron chi connectivity index (χ1n) is 7.92. The Kier molecular flexibility index (Phi) is 3.84. The summed E-state index contributed by atoms with van der Waals surface area (Å²) in [5.74, 6) is -0.474. The minimum Gasteiger partial charge on any atom is -0.321 e. The SMILES string of the molecule is Cc1[nH]nc2ncc(NC(=O)c3ccc(-n4ccnc4)c([N+](=O)[O-])c3)cc12. The monoisotopic (exact) mass is 363 g/mol. The van der Waals surface area contributed by atoms with E-state index in [1.807, 2.05) is 6.92 Å². The molecular formula is C17H13N7O3. The first-order valence-corrected chi connectivity index (χ1v) is 7.92. The number of rotatable bonds is 4. The molecule has 0 unspecified atom stereocenters. The lowest BCUT2D eigenvalue weighted by Crippen LogP contribution is -2.13. The van der Waals surface area contributed by atoms with Gasteiger partial charge in [0.15, 0.2) is 5.65 Å². The summed E-state index contributed by atoms with van der Waals surface area (Å²) in [6.07, 6.45) is 6.05. The average molecular weight is 363 g/mol. The Labute approximate surface area is 152 Å². The summed E-state index contributed by atoms with van der Waals surface area (Å²) in [5, 5.41) is 21.8. The second kappa shape index (κ2) is 6.33. The quantitative estimate of drug-likeness (QED) is 0.423. The molecule has 0 saturated carbocycles. The van der Waals surface area contributed by atoms with E-state index in [4.69, 9.17) is 0 Å². The average Bonchev–Trinajstić information content (AvgIpc) is 3.32. The highest BCUT2D eigenvalue weighted by Crippen LogP contribution is 2.25. The van der Waals surface area contributed by atoms with Crippen LogP contribution in [-0.2, 0) is 0 Å². The van der Waals surface area contributed by atoms with Gasteiger partial charge in [-0.2, -0.15) is 5.10 Å². The van der Waals surface area contributed by atoms with Crippen LogP contribution in [0.4, 0.5) is 11.4 Å². The summed E-state index contributed by atoms with van der Waals surface area (Å²) in [6, 6.07) is 6.01. The lowest BCUT2D eigenvalue weighted by atomic mass is 10.1. The number of carbonyl (C=O) groups excluding carboxylic acids is 1. The number of aromatic amines is 1. The fraction of sp³-hybridized carbons (Fsp3) is 0.0588. The molecule has 0 spiro atoms. The Bertz CT molecular complexity index is 1160. The van der Waals surface area contributed by atoms with E-state index in [0.29, 0.717) is 17.0 Å². The molecule has 0 aliphatic carbocycles. The Morgan fingerprint density at radius 1 is 1.33 bits per heavy atom. The highest BCUT2D eigenvalue weighted by Gasteiger charge is 2.19. The molecule has 4 rings (SSSR count). The topological polar surface area (TPSA) is 132 Å². The van der Waals surface area contributed by atoms with Gasteiger partial charge in [-0.1, -0.05) is 0 Å². The van der Waals surface area contributed by atoms with Gasteiger partial charge >= 0.3 is 0 Å². The Morgan fingerprint density at radius 3 is 2.93 bits per heavy atom. The third-order valence-corrected chi connectivity index (χ3v) is 4.07. The number of nitro benzene ring substituents is 1. The molecule has 4 aromatic rings. The van der Waals surface area contributed by atoms with Crippen LogP contribution in [0.3, 0.4) is 0 Å². The van der Waals surface area contributed by atoms with E-state index >= 15 is 0 Å². The maximum Gasteiger partial charge on any atom is 0.294 e. The maximum absolute atomic E-state index is 12.5.